The van der Waals surface area contributed by atoms with Crippen LogP contribution in [0.1, 0.15) is 18.2 Å². The molecule has 0 unspecified atom stereocenters. The van der Waals surface area contributed by atoms with E-state index < -0.39 is 29.7 Å². The van der Waals surface area contributed by atoms with Crippen LogP contribution in [0.3, 0.4) is 0 Å². The number of nitrogens with zero attached hydrogens (tertiary/aromatic N) is 1. The van der Waals surface area contributed by atoms with Gasteiger partial charge in [-0.3, -0.25) is 14.3 Å². The lowest BCUT2D eigenvalue weighted by Gasteiger charge is -2.14. The van der Waals surface area contributed by atoms with Crippen LogP contribution < -0.4 is 11.2 Å². The average Bonchev–Trinajstić information content (AvgIpc) is 2.74. The first kappa shape index (κ1) is 14.2. The minimum Gasteiger partial charge on any atom is -0.394 e. The van der Waals surface area contributed by atoms with Crippen LogP contribution in [0.25, 0.3) is 6.08 Å². The van der Waals surface area contributed by atoms with E-state index in [1.165, 1.54) is 21.8 Å². The lowest BCUT2D eigenvalue weighted by atomic mass is 10.2. The van der Waals surface area contributed by atoms with E-state index in [-0.39, 0.29) is 18.6 Å². The molecule has 2 heterocycles. The lowest BCUT2D eigenvalue weighted by molar-refractivity contribution is -0.0459. The Morgan fingerprint density at radius 3 is 2.89 bits per heavy atom. The van der Waals surface area contributed by atoms with Gasteiger partial charge in [0.2, 0.25) is 0 Å². The summed E-state index contributed by atoms with van der Waals surface area (Å²) in [5.41, 5.74) is -0.844. The molecule has 0 radical (unpaired) electrons. The van der Waals surface area contributed by atoms with E-state index in [1.807, 2.05) is 0 Å². The predicted molar refractivity (Wildman–Crippen MR) is 70.9 cm³/mol. The zero-order valence-electron chi connectivity index (χ0n) is 9.82. The third-order valence-corrected chi connectivity index (χ3v) is 3.20. The summed E-state index contributed by atoms with van der Waals surface area (Å²) in [6.07, 6.45) is 0.746. The fourth-order valence-corrected chi connectivity index (χ4v) is 2.24. The van der Waals surface area contributed by atoms with E-state index in [9.17, 15) is 14.7 Å². The Balaban J connectivity index is 2.38. The second-order valence-corrected chi connectivity index (χ2v) is 4.69. The Hall–Kier alpha value is -1.22. The molecule has 1 aliphatic heterocycles. The summed E-state index contributed by atoms with van der Waals surface area (Å²) in [5.74, 6) is 0. The van der Waals surface area contributed by atoms with Crippen LogP contribution >= 0.6 is 15.9 Å². The number of halogens is 1. The lowest BCUT2D eigenvalue weighted by Crippen LogP contribution is -2.33. The van der Waals surface area contributed by atoms with Crippen LogP contribution in [0.5, 0.6) is 0 Å². The Labute approximate surface area is 116 Å². The van der Waals surface area contributed by atoms with Gasteiger partial charge < -0.3 is 14.9 Å². The van der Waals surface area contributed by atoms with Crippen molar-refractivity contribution in [3.63, 3.8) is 0 Å². The zero-order valence-corrected chi connectivity index (χ0v) is 11.4. The summed E-state index contributed by atoms with van der Waals surface area (Å²) >= 11 is 3.05. The molecule has 1 fully saturated rings. The van der Waals surface area contributed by atoms with Crippen molar-refractivity contribution in [1.29, 1.82) is 0 Å². The van der Waals surface area contributed by atoms with Gasteiger partial charge >= 0.3 is 5.69 Å². The minimum absolute atomic E-state index is 0.175. The van der Waals surface area contributed by atoms with Crippen molar-refractivity contribution in [2.45, 2.75) is 24.9 Å². The number of rotatable bonds is 3. The molecule has 2 rings (SSSR count). The highest BCUT2D eigenvalue weighted by atomic mass is 79.9. The van der Waals surface area contributed by atoms with Crippen LogP contribution in [0.4, 0.5) is 0 Å². The molecule has 104 valence electrons. The van der Waals surface area contributed by atoms with Crippen LogP contribution in [0.2, 0.25) is 0 Å². The van der Waals surface area contributed by atoms with Crippen molar-refractivity contribution in [2.75, 3.05) is 6.61 Å². The van der Waals surface area contributed by atoms with Crippen molar-refractivity contribution in [3.8, 4) is 0 Å². The zero-order chi connectivity index (χ0) is 14.0. The van der Waals surface area contributed by atoms with E-state index in [4.69, 9.17) is 9.84 Å². The number of nitrogens with one attached hydrogen (secondary N) is 1. The van der Waals surface area contributed by atoms with Gasteiger partial charge in [0.25, 0.3) is 5.56 Å². The van der Waals surface area contributed by atoms with Gasteiger partial charge in [-0.15, -0.1) is 0 Å². The Kier molecular flexibility index (Phi) is 4.35. The fraction of sp³-hybridized carbons (Fsp3) is 0.455. The maximum absolute atomic E-state index is 11.7. The van der Waals surface area contributed by atoms with Gasteiger partial charge in [0, 0.05) is 12.6 Å². The summed E-state index contributed by atoms with van der Waals surface area (Å²) < 4.78 is 6.56. The predicted octanol–water partition coefficient (Wildman–Crippen LogP) is -0.457. The SMILES string of the molecule is O=c1[nH]c(=O)n([C@H]2C[C@@H](O)[C@H](CO)O2)cc1C=CBr. The highest BCUT2D eigenvalue weighted by Gasteiger charge is 2.35. The van der Waals surface area contributed by atoms with Gasteiger partial charge in [0.15, 0.2) is 0 Å². The summed E-state index contributed by atoms with van der Waals surface area (Å²) in [4.78, 5) is 26.9. The standard InChI is InChI=1S/C11H13BrN2O5/c12-2-1-6-4-14(11(18)13-10(6)17)9-3-7(16)8(5-15)19-9/h1-2,4,7-9,15-16H,3,5H2,(H,13,17,18)/t7-,8+,9-/m1/s1. The van der Waals surface area contributed by atoms with Crippen LogP contribution in [0.15, 0.2) is 20.8 Å². The largest absolute Gasteiger partial charge is 0.394 e. The topological polar surface area (TPSA) is 105 Å². The van der Waals surface area contributed by atoms with Crippen molar-refractivity contribution in [3.05, 3.63) is 37.6 Å². The molecule has 0 aliphatic carbocycles. The fourth-order valence-electron chi connectivity index (χ4n) is 1.95. The van der Waals surface area contributed by atoms with E-state index >= 15 is 0 Å². The first-order chi connectivity index (χ1) is 9.06. The first-order valence-electron chi connectivity index (χ1n) is 5.63. The van der Waals surface area contributed by atoms with E-state index in [0.717, 1.165) is 0 Å². The number of hydrogen-bond acceptors (Lipinski definition) is 5. The molecule has 19 heavy (non-hydrogen) atoms. The molecule has 0 spiro atoms. The molecule has 1 saturated heterocycles. The number of hydrogen-bond donors (Lipinski definition) is 3. The average molecular weight is 333 g/mol. The molecule has 8 heteroatoms. The minimum atomic E-state index is -0.844. The summed E-state index contributed by atoms with van der Waals surface area (Å²) in [5, 5.41) is 18.7. The molecule has 0 saturated carbocycles. The van der Waals surface area contributed by atoms with Crippen molar-refractivity contribution < 1.29 is 14.9 Å². The van der Waals surface area contributed by atoms with E-state index in [1.54, 1.807) is 0 Å². The Bertz CT molecular complexity index is 593. The number of aliphatic hydroxyl groups is 2. The quantitative estimate of drug-likeness (QED) is 0.695. The molecule has 0 bridgehead atoms. The van der Waals surface area contributed by atoms with Crippen molar-refractivity contribution in [1.82, 2.24) is 9.55 Å². The molecule has 0 aromatic carbocycles. The Morgan fingerprint density at radius 1 is 1.58 bits per heavy atom. The summed E-state index contributed by atoms with van der Waals surface area (Å²) in [6.45, 7) is -0.329. The molecular weight excluding hydrogens is 320 g/mol. The van der Waals surface area contributed by atoms with Gasteiger partial charge in [-0.2, -0.15) is 0 Å². The monoisotopic (exact) mass is 332 g/mol. The molecule has 3 atom stereocenters. The number of aliphatic hydroxyl groups excluding tert-OH is 2. The van der Waals surface area contributed by atoms with E-state index in [0.29, 0.717) is 0 Å². The van der Waals surface area contributed by atoms with Gasteiger partial charge in [-0.25, -0.2) is 4.79 Å². The van der Waals surface area contributed by atoms with Crippen molar-refractivity contribution in [2.24, 2.45) is 0 Å². The third kappa shape index (κ3) is 2.86. The number of aromatic nitrogens is 2. The smallest absolute Gasteiger partial charge is 0.330 e. The number of ether oxygens (including phenoxy) is 1. The highest BCUT2D eigenvalue weighted by molar-refractivity contribution is 9.11. The molecule has 1 aromatic heterocycles. The van der Waals surface area contributed by atoms with Crippen LogP contribution in [-0.2, 0) is 4.74 Å². The number of aromatic amines is 1. The second-order valence-electron chi connectivity index (χ2n) is 4.16. The maximum atomic E-state index is 11.7. The third-order valence-electron chi connectivity index (χ3n) is 2.93. The molecule has 1 aliphatic rings. The van der Waals surface area contributed by atoms with Gasteiger partial charge in [-0.1, -0.05) is 15.9 Å². The summed E-state index contributed by atoms with van der Waals surface area (Å²) in [7, 11) is 0. The normalized spacial score (nSPS) is 27.2. The molecule has 0 amide bonds. The van der Waals surface area contributed by atoms with Gasteiger partial charge in [0.05, 0.1) is 18.3 Å². The molecule has 1 aromatic rings. The van der Waals surface area contributed by atoms with Gasteiger partial charge in [0.1, 0.15) is 12.3 Å². The van der Waals surface area contributed by atoms with Crippen LogP contribution in [0, 0.1) is 0 Å². The Morgan fingerprint density at radius 2 is 2.32 bits per heavy atom. The molecule has 7 nitrogen and oxygen atoms in total. The second kappa shape index (κ2) is 5.83. The maximum Gasteiger partial charge on any atom is 0.330 e. The summed E-state index contributed by atoms with van der Waals surface area (Å²) in [6, 6.07) is 0. The highest BCUT2D eigenvalue weighted by Crippen LogP contribution is 2.27. The van der Waals surface area contributed by atoms with Crippen LogP contribution in [-0.4, -0.2) is 38.6 Å². The first-order valence-corrected chi connectivity index (χ1v) is 6.55. The van der Waals surface area contributed by atoms with Crippen molar-refractivity contribution >= 4 is 22.0 Å². The van der Waals surface area contributed by atoms with Gasteiger partial charge in [-0.05, 0) is 11.1 Å². The number of H-pyrrole nitrogens is 1. The molecule has 3 N–H and O–H groups in total. The molecular formula is C11H13BrN2O5. The van der Waals surface area contributed by atoms with E-state index in [2.05, 4.69) is 20.9 Å².